The molecule has 0 aliphatic rings. The minimum absolute atomic E-state index is 0.129. The van der Waals surface area contributed by atoms with E-state index >= 15 is 0 Å². The van der Waals surface area contributed by atoms with Crippen LogP contribution in [-0.2, 0) is 5.41 Å². The summed E-state index contributed by atoms with van der Waals surface area (Å²) in [6, 6.07) is 25.2. The monoisotopic (exact) mass is 351 g/mol. The first-order valence-corrected chi connectivity index (χ1v) is 9.33. The van der Waals surface area contributed by atoms with Crippen molar-refractivity contribution >= 4 is 32.8 Å². The van der Waals surface area contributed by atoms with Crippen LogP contribution in [0.25, 0.3) is 44.1 Å². The van der Waals surface area contributed by atoms with Gasteiger partial charge in [0.15, 0.2) is 5.58 Å². The molecule has 2 aromatic heterocycles. The number of fused-ring (bicyclic) bond motifs is 5. The Bertz CT molecular complexity index is 1290. The number of pyridine rings is 1. The highest BCUT2D eigenvalue weighted by Crippen LogP contribution is 2.39. The molecule has 0 aliphatic carbocycles. The van der Waals surface area contributed by atoms with E-state index in [4.69, 9.17) is 9.40 Å². The zero-order valence-electron chi connectivity index (χ0n) is 15.8. The van der Waals surface area contributed by atoms with Crippen molar-refractivity contribution in [2.45, 2.75) is 26.2 Å². The van der Waals surface area contributed by atoms with E-state index < -0.39 is 0 Å². The van der Waals surface area contributed by atoms with Crippen molar-refractivity contribution in [3.05, 3.63) is 78.4 Å². The molecule has 0 amide bonds. The fourth-order valence-corrected chi connectivity index (χ4v) is 3.76. The molecule has 5 aromatic rings. The van der Waals surface area contributed by atoms with E-state index in [2.05, 4.69) is 75.4 Å². The number of benzene rings is 3. The standard InChI is InChI=1S/C25H21NO/c1-25(2,3)17-14-12-16(13-15-17)23-24-22(18-8-4-6-10-20(18)26-23)19-9-5-7-11-21(19)27-24/h4-15H,1-3H3. The molecular weight excluding hydrogens is 330 g/mol. The van der Waals surface area contributed by atoms with E-state index in [9.17, 15) is 0 Å². The summed E-state index contributed by atoms with van der Waals surface area (Å²) in [5.41, 5.74) is 6.18. The van der Waals surface area contributed by atoms with E-state index in [0.29, 0.717) is 0 Å². The molecule has 0 saturated heterocycles. The van der Waals surface area contributed by atoms with E-state index in [1.165, 1.54) is 5.56 Å². The van der Waals surface area contributed by atoms with Crippen LogP contribution in [0.2, 0.25) is 0 Å². The number of hydrogen-bond donors (Lipinski definition) is 0. The van der Waals surface area contributed by atoms with Crippen LogP contribution >= 0.6 is 0 Å². The molecule has 0 spiro atoms. The van der Waals surface area contributed by atoms with Gasteiger partial charge in [0.1, 0.15) is 11.3 Å². The Morgan fingerprint density at radius 1 is 0.741 bits per heavy atom. The van der Waals surface area contributed by atoms with Gasteiger partial charge < -0.3 is 4.42 Å². The molecule has 132 valence electrons. The van der Waals surface area contributed by atoms with Gasteiger partial charge in [-0.2, -0.15) is 0 Å². The van der Waals surface area contributed by atoms with Gasteiger partial charge in [-0.15, -0.1) is 0 Å². The molecule has 2 heteroatoms. The van der Waals surface area contributed by atoms with E-state index in [1.54, 1.807) is 0 Å². The van der Waals surface area contributed by atoms with Crippen LogP contribution in [0.3, 0.4) is 0 Å². The Hall–Kier alpha value is -3.13. The number of rotatable bonds is 1. The minimum atomic E-state index is 0.129. The lowest BCUT2D eigenvalue weighted by atomic mass is 9.86. The first kappa shape index (κ1) is 16.1. The van der Waals surface area contributed by atoms with E-state index in [1.807, 2.05) is 18.2 Å². The molecule has 0 aliphatic heterocycles. The second-order valence-electron chi connectivity index (χ2n) is 8.11. The van der Waals surface area contributed by atoms with Crippen LogP contribution in [0.1, 0.15) is 26.3 Å². The van der Waals surface area contributed by atoms with Gasteiger partial charge in [-0.3, -0.25) is 0 Å². The van der Waals surface area contributed by atoms with Crippen LogP contribution in [0, 0.1) is 0 Å². The Kier molecular flexibility index (Phi) is 3.38. The zero-order valence-corrected chi connectivity index (χ0v) is 15.8. The van der Waals surface area contributed by atoms with Crippen molar-refractivity contribution in [2.24, 2.45) is 0 Å². The molecule has 2 nitrogen and oxygen atoms in total. The highest BCUT2D eigenvalue weighted by atomic mass is 16.3. The van der Waals surface area contributed by atoms with Crippen LogP contribution in [0.15, 0.2) is 77.2 Å². The maximum Gasteiger partial charge on any atom is 0.162 e. The second-order valence-corrected chi connectivity index (χ2v) is 8.11. The number of para-hydroxylation sites is 2. The highest BCUT2D eigenvalue weighted by Gasteiger charge is 2.18. The largest absolute Gasteiger partial charge is 0.454 e. The molecule has 3 aromatic carbocycles. The summed E-state index contributed by atoms with van der Waals surface area (Å²) in [7, 11) is 0. The van der Waals surface area contributed by atoms with Gasteiger partial charge in [0.25, 0.3) is 0 Å². The maximum absolute atomic E-state index is 6.28. The average molecular weight is 351 g/mol. The summed E-state index contributed by atoms with van der Waals surface area (Å²) in [6.07, 6.45) is 0. The first-order chi connectivity index (χ1) is 13.0. The molecule has 2 heterocycles. The third-order valence-electron chi connectivity index (χ3n) is 5.24. The summed E-state index contributed by atoms with van der Waals surface area (Å²) in [6.45, 7) is 6.69. The van der Waals surface area contributed by atoms with Crippen molar-refractivity contribution in [3.63, 3.8) is 0 Å². The summed E-state index contributed by atoms with van der Waals surface area (Å²) in [5, 5.41) is 3.41. The molecule has 0 unspecified atom stereocenters. The molecule has 0 fully saturated rings. The number of nitrogens with zero attached hydrogens (tertiary/aromatic N) is 1. The van der Waals surface area contributed by atoms with Gasteiger partial charge in [0.05, 0.1) is 5.52 Å². The normalized spacial score (nSPS) is 12.3. The van der Waals surface area contributed by atoms with Crippen LogP contribution in [0.4, 0.5) is 0 Å². The lowest BCUT2D eigenvalue weighted by Gasteiger charge is -2.19. The third kappa shape index (κ3) is 2.52. The third-order valence-corrected chi connectivity index (χ3v) is 5.24. The molecular formula is C25H21NO. The van der Waals surface area contributed by atoms with Crippen molar-refractivity contribution in [3.8, 4) is 11.3 Å². The summed E-state index contributed by atoms with van der Waals surface area (Å²) in [5.74, 6) is 0. The number of hydrogen-bond acceptors (Lipinski definition) is 2. The maximum atomic E-state index is 6.28. The fourth-order valence-electron chi connectivity index (χ4n) is 3.76. The molecule has 0 atom stereocenters. The first-order valence-electron chi connectivity index (χ1n) is 9.33. The Morgan fingerprint density at radius 3 is 2.15 bits per heavy atom. The van der Waals surface area contributed by atoms with E-state index in [0.717, 1.165) is 44.1 Å². The summed E-state index contributed by atoms with van der Waals surface area (Å²) >= 11 is 0. The highest BCUT2D eigenvalue weighted by molar-refractivity contribution is 6.20. The molecule has 0 saturated carbocycles. The van der Waals surface area contributed by atoms with Gasteiger partial charge in [-0.25, -0.2) is 4.98 Å². The van der Waals surface area contributed by atoms with Gasteiger partial charge in [-0.05, 0) is 23.1 Å². The smallest absolute Gasteiger partial charge is 0.162 e. The number of aromatic nitrogens is 1. The summed E-state index contributed by atoms with van der Waals surface area (Å²) in [4.78, 5) is 4.97. The average Bonchev–Trinajstić information content (AvgIpc) is 3.07. The van der Waals surface area contributed by atoms with Crippen molar-refractivity contribution in [1.82, 2.24) is 4.98 Å². The Balaban J connectivity index is 1.86. The predicted molar refractivity (Wildman–Crippen MR) is 113 cm³/mol. The van der Waals surface area contributed by atoms with Gasteiger partial charge in [0.2, 0.25) is 0 Å². The minimum Gasteiger partial charge on any atom is -0.454 e. The second kappa shape index (κ2) is 5.68. The quantitative estimate of drug-likeness (QED) is 0.322. The van der Waals surface area contributed by atoms with Gasteiger partial charge >= 0.3 is 0 Å². The Morgan fingerprint density at radius 2 is 1.41 bits per heavy atom. The molecule has 0 N–H and O–H groups in total. The molecule has 0 bridgehead atoms. The summed E-state index contributed by atoms with van der Waals surface area (Å²) < 4.78 is 6.28. The lowest BCUT2D eigenvalue weighted by Crippen LogP contribution is -2.10. The zero-order chi connectivity index (χ0) is 18.6. The topological polar surface area (TPSA) is 26.0 Å². The van der Waals surface area contributed by atoms with Crippen molar-refractivity contribution in [2.75, 3.05) is 0 Å². The van der Waals surface area contributed by atoms with Crippen molar-refractivity contribution in [1.29, 1.82) is 0 Å². The van der Waals surface area contributed by atoms with Gasteiger partial charge in [0, 0.05) is 21.7 Å². The number of furan rings is 1. The van der Waals surface area contributed by atoms with Crippen molar-refractivity contribution < 1.29 is 4.42 Å². The molecule has 27 heavy (non-hydrogen) atoms. The lowest BCUT2D eigenvalue weighted by molar-refractivity contribution is 0.590. The van der Waals surface area contributed by atoms with E-state index in [-0.39, 0.29) is 5.41 Å². The SMILES string of the molecule is CC(C)(C)c1ccc(-c2nc3ccccc3c3c2oc2ccccc23)cc1. The van der Waals surface area contributed by atoms with Crippen LogP contribution in [0.5, 0.6) is 0 Å². The van der Waals surface area contributed by atoms with Crippen LogP contribution in [-0.4, -0.2) is 4.98 Å². The van der Waals surface area contributed by atoms with Crippen LogP contribution < -0.4 is 0 Å². The molecule has 5 rings (SSSR count). The molecule has 0 radical (unpaired) electrons. The van der Waals surface area contributed by atoms with Gasteiger partial charge in [-0.1, -0.05) is 81.4 Å². The Labute approximate surface area is 158 Å². The fraction of sp³-hybridized carbons (Fsp3) is 0.160. The predicted octanol–water partition coefficient (Wildman–Crippen LogP) is 7.10.